The summed E-state index contributed by atoms with van der Waals surface area (Å²) in [6.07, 6.45) is 3.38. The van der Waals surface area contributed by atoms with E-state index in [-0.39, 0.29) is 12.1 Å². The number of methoxy groups -OCH3 is 1. The zero-order valence-corrected chi connectivity index (χ0v) is 14.3. The first-order valence-corrected chi connectivity index (χ1v) is 7.81. The molecule has 0 aliphatic heterocycles. The Kier molecular flexibility index (Phi) is 4.50. The van der Waals surface area contributed by atoms with Crippen LogP contribution < -0.4 is 5.32 Å². The lowest BCUT2D eigenvalue weighted by Crippen LogP contribution is -2.44. The number of amides is 1. The summed E-state index contributed by atoms with van der Waals surface area (Å²) in [4.78, 5) is 21.2. The van der Waals surface area contributed by atoms with Crippen molar-refractivity contribution in [3.8, 4) is 0 Å². The highest BCUT2D eigenvalue weighted by Gasteiger charge is 2.37. The molecule has 6 nitrogen and oxygen atoms in total. The van der Waals surface area contributed by atoms with Crippen LogP contribution in [0.2, 0.25) is 0 Å². The summed E-state index contributed by atoms with van der Waals surface area (Å²) in [5, 5.41) is 2.78. The van der Waals surface area contributed by atoms with Crippen LogP contribution in [-0.2, 0) is 28.7 Å². The summed E-state index contributed by atoms with van der Waals surface area (Å²) in [7, 11) is 3.23. The van der Waals surface area contributed by atoms with Crippen molar-refractivity contribution in [2.75, 3.05) is 7.11 Å². The van der Waals surface area contributed by atoms with Crippen LogP contribution in [0.1, 0.15) is 18.3 Å². The van der Waals surface area contributed by atoms with Gasteiger partial charge >= 0.3 is 0 Å². The van der Waals surface area contributed by atoms with E-state index in [2.05, 4.69) is 15.3 Å². The van der Waals surface area contributed by atoms with Gasteiger partial charge < -0.3 is 14.6 Å². The Morgan fingerprint density at radius 3 is 2.80 bits per heavy atom. The highest BCUT2D eigenvalue weighted by Crippen LogP contribution is 2.27. The summed E-state index contributed by atoms with van der Waals surface area (Å²) in [5.74, 6) is -0.260. The second kappa shape index (κ2) is 6.60. The van der Waals surface area contributed by atoms with Crippen LogP contribution in [0, 0.1) is 5.82 Å². The topological polar surface area (TPSA) is 69.0 Å². The molecule has 0 saturated heterocycles. The van der Waals surface area contributed by atoms with E-state index in [1.165, 1.54) is 13.2 Å². The number of rotatable bonds is 5. The van der Waals surface area contributed by atoms with Crippen LogP contribution in [0.15, 0.2) is 42.7 Å². The number of nitrogens with one attached hydrogen (secondary N) is 1. The van der Waals surface area contributed by atoms with Crippen LogP contribution in [0.25, 0.3) is 11.0 Å². The number of carbonyl (C=O) groups is 1. The van der Waals surface area contributed by atoms with E-state index in [4.69, 9.17) is 4.74 Å². The molecule has 3 aromatic rings. The van der Waals surface area contributed by atoms with Crippen molar-refractivity contribution in [1.82, 2.24) is 19.9 Å². The number of nitrogens with zero attached hydrogens (tertiary/aromatic N) is 3. The Labute approximate surface area is 144 Å². The summed E-state index contributed by atoms with van der Waals surface area (Å²) < 4.78 is 21.3. The molecule has 1 atom stereocenters. The number of fused-ring (bicyclic) bond motifs is 1. The average molecular weight is 342 g/mol. The molecule has 0 aliphatic rings. The van der Waals surface area contributed by atoms with E-state index in [0.717, 1.165) is 11.0 Å². The molecule has 0 radical (unpaired) electrons. The Balaban J connectivity index is 1.83. The highest BCUT2D eigenvalue weighted by molar-refractivity contribution is 5.86. The first kappa shape index (κ1) is 17.0. The van der Waals surface area contributed by atoms with Crippen molar-refractivity contribution in [2.45, 2.75) is 19.1 Å². The fraction of sp³-hybridized carbons (Fsp3) is 0.278. The number of hydrogen-bond donors (Lipinski definition) is 1. The molecule has 3 rings (SSSR count). The second-order valence-electron chi connectivity index (χ2n) is 5.85. The van der Waals surface area contributed by atoms with Gasteiger partial charge in [0.25, 0.3) is 5.91 Å². The van der Waals surface area contributed by atoms with E-state index in [1.807, 2.05) is 11.6 Å². The van der Waals surface area contributed by atoms with Gasteiger partial charge in [-0.3, -0.25) is 9.78 Å². The van der Waals surface area contributed by atoms with Gasteiger partial charge in [0.2, 0.25) is 0 Å². The molecule has 130 valence electrons. The van der Waals surface area contributed by atoms with E-state index >= 15 is 0 Å². The zero-order valence-electron chi connectivity index (χ0n) is 14.3. The maximum atomic E-state index is 14.1. The summed E-state index contributed by atoms with van der Waals surface area (Å²) in [5.41, 5.74) is 0.419. The average Bonchev–Trinajstić information content (AvgIpc) is 2.95. The van der Waals surface area contributed by atoms with Crippen LogP contribution in [0.4, 0.5) is 4.39 Å². The molecule has 0 saturated carbocycles. The number of aromatic nitrogens is 3. The van der Waals surface area contributed by atoms with Gasteiger partial charge in [0.15, 0.2) is 5.60 Å². The van der Waals surface area contributed by atoms with Gasteiger partial charge in [-0.05, 0) is 19.1 Å². The molecule has 1 aromatic carbocycles. The third kappa shape index (κ3) is 2.98. The third-order valence-corrected chi connectivity index (χ3v) is 4.41. The van der Waals surface area contributed by atoms with Crippen LogP contribution in [-0.4, -0.2) is 27.6 Å². The highest BCUT2D eigenvalue weighted by atomic mass is 19.1. The van der Waals surface area contributed by atoms with Crippen molar-refractivity contribution in [3.05, 3.63) is 59.9 Å². The van der Waals surface area contributed by atoms with Gasteiger partial charge in [0.1, 0.15) is 11.6 Å². The normalized spacial score (nSPS) is 13.6. The number of carbonyl (C=O) groups excluding carboxylic acids is 1. The number of benzene rings is 1. The maximum Gasteiger partial charge on any atom is 0.257 e. The van der Waals surface area contributed by atoms with Gasteiger partial charge in [0, 0.05) is 25.9 Å². The fourth-order valence-corrected chi connectivity index (χ4v) is 2.74. The molecular formula is C18H19FN4O2. The van der Waals surface area contributed by atoms with E-state index in [0.29, 0.717) is 5.82 Å². The number of imidazole rings is 1. The van der Waals surface area contributed by atoms with Crippen molar-refractivity contribution in [2.24, 2.45) is 7.05 Å². The standard InChI is InChI=1S/C18H19FN4O2/c1-18(25-3,12-6-4-5-7-13(12)19)17(24)21-11-16-22-14-8-9-20-10-15(14)23(16)2/h4-10H,11H2,1-3H3,(H,21,24). The predicted molar refractivity (Wildman–Crippen MR) is 91.1 cm³/mol. The molecule has 7 heteroatoms. The first-order chi connectivity index (χ1) is 12.0. The summed E-state index contributed by atoms with van der Waals surface area (Å²) in [6.45, 7) is 1.73. The summed E-state index contributed by atoms with van der Waals surface area (Å²) >= 11 is 0. The molecule has 0 aliphatic carbocycles. The first-order valence-electron chi connectivity index (χ1n) is 7.81. The largest absolute Gasteiger partial charge is 0.364 e. The van der Waals surface area contributed by atoms with Gasteiger partial charge in [0.05, 0.1) is 23.8 Å². The smallest absolute Gasteiger partial charge is 0.257 e. The van der Waals surface area contributed by atoms with Crippen LogP contribution >= 0.6 is 0 Å². The molecule has 0 fully saturated rings. The lowest BCUT2D eigenvalue weighted by atomic mass is 9.94. The van der Waals surface area contributed by atoms with Gasteiger partial charge in [-0.15, -0.1) is 0 Å². The number of hydrogen-bond acceptors (Lipinski definition) is 4. The SMILES string of the molecule is COC(C)(C(=O)NCc1nc2ccncc2n1C)c1ccccc1F. The minimum atomic E-state index is -1.43. The minimum Gasteiger partial charge on any atom is -0.364 e. The van der Waals surface area contributed by atoms with Gasteiger partial charge in [-0.1, -0.05) is 18.2 Å². The number of aryl methyl sites for hydroxylation is 1. The quantitative estimate of drug-likeness (QED) is 0.772. The lowest BCUT2D eigenvalue weighted by Gasteiger charge is -2.27. The molecule has 2 aromatic heterocycles. The monoisotopic (exact) mass is 342 g/mol. The second-order valence-corrected chi connectivity index (χ2v) is 5.85. The Morgan fingerprint density at radius 2 is 2.12 bits per heavy atom. The minimum absolute atomic E-state index is 0.184. The van der Waals surface area contributed by atoms with Gasteiger partial charge in [-0.2, -0.15) is 0 Å². The zero-order chi connectivity index (χ0) is 18.0. The Morgan fingerprint density at radius 1 is 1.36 bits per heavy atom. The molecule has 1 N–H and O–H groups in total. The molecule has 25 heavy (non-hydrogen) atoms. The van der Waals surface area contributed by atoms with Crippen molar-refractivity contribution < 1.29 is 13.9 Å². The van der Waals surface area contributed by atoms with Crippen molar-refractivity contribution in [3.63, 3.8) is 0 Å². The molecular weight excluding hydrogens is 323 g/mol. The number of halogens is 1. The van der Waals surface area contributed by atoms with E-state index < -0.39 is 17.3 Å². The van der Waals surface area contributed by atoms with Crippen molar-refractivity contribution >= 4 is 16.9 Å². The number of pyridine rings is 1. The molecule has 1 unspecified atom stereocenters. The summed E-state index contributed by atoms with van der Waals surface area (Å²) in [6, 6.07) is 7.89. The fourth-order valence-electron chi connectivity index (χ4n) is 2.74. The maximum absolute atomic E-state index is 14.1. The molecule has 0 bridgehead atoms. The van der Waals surface area contributed by atoms with Crippen molar-refractivity contribution in [1.29, 1.82) is 0 Å². The molecule has 2 heterocycles. The lowest BCUT2D eigenvalue weighted by molar-refractivity contribution is -0.143. The molecule has 1 amide bonds. The predicted octanol–water partition coefficient (Wildman–Crippen LogP) is 2.29. The van der Waals surface area contributed by atoms with E-state index in [1.54, 1.807) is 43.6 Å². The Hall–Kier alpha value is -2.80. The molecule has 0 spiro atoms. The van der Waals surface area contributed by atoms with Crippen LogP contribution in [0.5, 0.6) is 0 Å². The third-order valence-electron chi connectivity index (χ3n) is 4.41. The van der Waals surface area contributed by atoms with E-state index in [9.17, 15) is 9.18 Å². The van der Waals surface area contributed by atoms with Gasteiger partial charge in [-0.25, -0.2) is 9.37 Å². The Bertz CT molecular complexity index is 924. The van der Waals surface area contributed by atoms with Crippen LogP contribution in [0.3, 0.4) is 0 Å². The number of ether oxygens (including phenoxy) is 1.